The quantitative estimate of drug-likeness (QED) is 0.430. The molecule has 1 aromatic heterocycles. The summed E-state index contributed by atoms with van der Waals surface area (Å²) in [7, 11) is -1.96. The van der Waals surface area contributed by atoms with Crippen molar-refractivity contribution < 1.29 is 17.5 Å². The van der Waals surface area contributed by atoms with Crippen molar-refractivity contribution in [2.75, 3.05) is 12.4 Å². The van der Waals surface area contributed by atoms with E-state index in [1.54, 1.807) is 6.08 Å². The molecule has 0 saturated carbocycles. The number of halogens is 1. The summed E-state index contributed by atoms with van der Waals surface area (Å²) >= 11 is 0. The number of hydrogen-bond donors (Lipinski definition) is 0. The van der Waals surface area contributed by atoms with Gasteiger partial charge in [0.2, 0.25) is 0 Å². The van der Waals surface area contributed by atoms with Crippen LogP contribution in [0.4, 0.5) is 4.39 Å². The molecule has 7 heteroatoms. The Hall–Kier alpha value is -2.41. The number of hydrogen-bond acceptors (Lipinski definition) is 4. The minimum Gasteiger partial charge on any atom is -0.492 e. The van der Waals surface area contributed by atoms with E-state index in [1.165, 1.54) is 42.9 Å². The second-order valence-corrected chi connectivity index (χ2v) is 7.75. The van der Waals surface area contributed by atoms with Crippen molar-refractivity contribution in [1.82, 2.24) is 4.57 Å². The number of pyridine rings is 1. The second kappa shape index (κ2) is 7.65. The Morgan fingerprint density at radius 2 is 2.00 bits per heavy atom. The van der Waals surface area contributed by atoms with Gasteiger partial charge in [-0.05, 0) is 24.6 Å². The molecule has 0 aliphatic heterocycles. The maximum Gasteiger partial charge on any atom is 0.254 e. The summed E-state index contributed by atoms with van der Waals surface area (Å²) in [4.78, 5) is 11.9. The summed E-state index contributed by atoms with van der Waals surface area (Å²) in [6.45, 7) is 5.39. The van der Waals surface area contributed by atoms with E-state index in [-0.39, 0.29) is 34.1 Å². The molecule has 0 aliphatic carbocycles. The van der Waals surface area contributed by atoms with Gasteiger partial charge in [0, 0.05) is 30.4 Å². The van der Waals surface area contributed by atoms with Gasteiger partial charge in [-0.1, -0.05) is 13.0 Å². The van der Waals surface area contributed by atoms with Gasteiger partial charge in [-0.25, -0.2) is 12.8 Å². The fraction of sp³-hybridized carbons (Fsp3) is 0.278. The summed E-state index contributed by atoms with van der Waals surface area (Å²) in [5.41, 5.74) is 0.0747. The highest BCUT2D eigenvalue weighted by molar-refractivity contribution is 7.91. The predicted molar refractivity (Wildman–Crippen MR) is 95.1 cm³/mol. The van der Waals surface area contributed by atoms with Crippen LogP contribution in [0.2, 0.25) is 0 Å². The van der Waals surface area contributed by atoms with Gasteiger partial charge in [-0.2, -0.15) is 0 Å². The van der Waals surface area contributed by atoms with Crippen molar-refractivity contribution in [2.24, 2.45) is 7.05 Å². The highest BCUT2D eigenvalue weighted by Crippen LogP contribution is 2.32. The maximum atomic E-state index is 14.4. The third kappa shape index (κ3) is 4.17. The molecule has 2 aromatic rings. The first-order valence-corrected chi connectivity index (χ1v) is 9.42. The molecular formula is C18H20FNO4S. The lowest BCUT2D eigenvalue weighted by Gasteiger charge is -2.14. The smallest absolute Gasteiger partial charge is 0.254 e. The van der Waals surface area contributed by atoms with Crippen LogP contribution in [0.3, 0.4) is 0 Å². The van der Waals surface area contributed by atoms with Gasteiger partial charge in [0.1, 0.15) is 11.6 Å². The van der Waals surface area contributed by atoms with E-state index in [0.29, 0.717) is 12.0 Å². The SMILES string of the molecule is C=CCCOc1cc(=O)n(C)cc1-c1cc(S(=O)(=O)CC)ccc1F. The van der Waals surface area contributed by atoms with Gasteiger partial charge in [0.25, 0.3) is 5.56 Å². The molecule has 0 fully saturated rings. The number of nitrogens with zero attached hydrogens (tertiary/aromatic N) is 1. The van der Waals surface area contributed by atoms with Crippen LogP contribution < -0.4 is 10.3 Å². The summed E-state index contributed by atoms with van der Waals surface area (Å²) < 4.78 is 45.4. The first kappa shape index (κ1) is 18.9. The van der Waals surface area contributed by atoms with Crippen LogP contribution in [0.25, 0.3) is 11.1 Å². The molecule has 0 spiro atoms. The molecular weight excluding hydrogens is 345 g/mol. The monoisotopic (exact) mass is 365 g/mol. The van der Waals surface area contributed by atoms with Gasteiger partial charge < -0.3 is 9.30 Å². The summed E-state index contributed by atoms with van der Waals surface area (Å²) in [5.74, 6) is -0.481. The highest BCUT2D eigenvalue weighted by Gasteiger charge is 2.18. The molecule has 2 rings (SSSR count). The molecule has 5 nitrogen and oxygen atoms in total. The number of aromatic nitrogens is 1. The lowest BCUT2D eigenvalue weighted by atomic mass is 10.1. The molecule has 0 saturated heterocycles. The van der Waals surface area contributed by atoms with Crippen molar-refractivity contribution in [3.05, 3.63) is 59.3 Å². The predicted octanol–water partition coefficient (Wildman–Crippen LogP) is 2.94. The Balaban J connectivity index is 2.64. The number of sulfone groups is 1. The average Bonchev–Trinajstić information content (AvgIpc) is 2.58. The van der Waals surface area contributed by atoms with E-state index in [1.807, 2.05) is 0 Å². The standard InChI is InChI=1S/C18H20FNO4S/c1-4-6-9-24-17-11-18(21)20(3)12-15(17)14-10-13(7-8-16(14)19)25(22,23)5-2/h4,7-8,10-12H,1,5-6,9H2,2-3H3. The van der Waals surface area contributed by atoms with E-state index < -0.39 is 15.7 Å². The molecule has 0 atom stereocenters. The fourth-order valence-electron chi connectivity index (χ4n) is 2.26. The number of aryl methyl sites for hydroxylation is 1. The first-order valence-electron chi connectivity index (χ1n) is 7.77. The summed E-state index contributed by atoms with van der Waals surface area (Å²) in [5, 5.41) is 0. The van der Waals surface area contributed by atoms with Gasteiger partial charge in [0.05, 0.1) is 17.3 Å². The molecule has 0 aliphatic rings. The van der Waals surface area contributed by atoms with Crippen LogP contribution in [0.1, 0.15) is 13.3 Å². The van der Waals surface area contributed by atoms with Crippen LogP contribution in [0.5, 0.6) is 5.75 Å². The molecule has 0 N–H and O–H groups in total. The number of ether oxygens (including phenoxy) is 1. The number of benzene rings is 1. The van der Waals surface area contributed by atoms with Crippen LogP contribution in [0, 0.1) is 5.82 Å². The van der Waals surface area contributed by atoms with Crippen LogP contribution in [-0.4, -0.2) is 25.3 Å². The van der Waals surface area contributed by atoms with E-state index in [0.717, 1.165) is 6.07 Å². The Morgan fingerprint density at radius 3 is 2.64 bits per heavy atom. The zero-order valence-corrected chi connectivity index (χ0v) is 15.0. The molecule has 134 valence electrons. The normalized spacial score (nSPS) is 11.3. The van der Waals surface area contributed by atoms with Crippen molar-refractivity contribution in [1.29, 1.82) is 0 Å². The van der Waals surface area contributed by atoms with Crippen LogP contribution >= 0.6 is 0 Å². The van der Waals surface area contributed by atoms with Gasteiger partial charge in [0.15, 0.2) is 9.84 Å². The zero-order valence-electron chi connectivity index (χ0n) is 14.2. The molecule has 0 radical (unpaired) electrons. The molecule has 1 aromatic carbocycles. The third-order valence-electron chi connectivity index (χ3n) is 3.74. The van der Waals surface area contributed by atoms with E-state index in [9.17, 15) is 17.6 Å². The van der Waals surface area contributed by atoms with Crippen molar-refractivity contribution in [3.8, 4) is 16.9 Å². The van der Waals surface area contributed by atoms with Crippen molar-refractivity contribution in [2.45, 2.75) is 18.2 Å². The van der Waals surface area contributed by atoms with Gasteiger partial charge in [-0.3, -0.25) is 4.79 Å². The lowest BCUT2D eigenvalue weighted by molar-refractivity contribution is 0.325. The van der Waals surface area contributed by atoms with Crippen LogP contribution in [0.15, 0.2) is 52.8 Å². The first-order chi connectivity index (χ1) is 11.8. The average molecular weight is 365 g/mol. The van der Waals surface area contributed by atoms with Crippen LogP contribution in [-0.2, 0) is 16.9 Å². The maximum absolute atomic E-state index is 14.4. The zero-order chi connectivity index (χ0) is 18.6. The highest BCUT2D eigenvalue weighted by atomic mass is 32.2. The van der Waals surface area contributed by atoms with Crippen molar-refractivity contribution >= 4 is 9.84 Å². The minimum atomic E-state index is -3.49. The Kier molecular flexibility index (Phi) is 5.79. The van der Waals surface area contributed by atoms with Crippen molar-refractivity contribution in [3.63, 3.8) is 0 Å². The molecule has 1 heterocycles. The lowest BCUT2D eigenvalue weighted by Crippen LogP contribution is -2.16. The Labute approximate surface area is 146 Å². The Morgan fingerprint density at radius 1 is 1.28 bits per heavy atom. The third-order valence-corrected chi connectivity index (χ3v) is 5.47. The van der Waals surface area contributed by atoms with E-state index in [4.69, 9.17) is 4.74 Å². The topological polar surface area (TPSA) is 65.4 Å². The number of rotatable bonds is 7. The van der Waals surface area contributed by atoms with E-state index in [2.05, 4.69) is 6.58 Å². The Bertz CT molecular complexity index is 948. The molecule has 0 bridgehead atoms. The van der Waals surface area contributed by atoms with Gasteiger partial charge >= 0.3 is 0 Å². The summed E-state index contributed by atoms with van der Waals surface area (Å²) in [6, 6.07) is 4.88. The molecule has 0 amide bonds. The summed E-state index contributed by atoms with van der Waals surface area (Å²) in [6.07, 6.45) is 3.66. The minimum absolute atomic E-state index is 0.0253. The molecule has 25 heavy (non-hydrogen) atoms. The largest absolute Gasteiger partial charge is 0.492 e. The van der Waals surface area contributed by atoms with Gasteiger partial charge in [-0.15, -0.1) is 6.58 Å². The van der Waals surface area contributed by atoms with E-state index >= 15 is 0 Å². The second-order valence-electron chi connectivity index (χ2n) is 5.47. The molecule has 0 unspecified atom stereocenters. The fourth-order valence-corrected chi connectivity index (χ4v) is 3.16.